The molecular formula is C28H32N2O5. The first-order valence-electron chi connectivity index (χ1n) is 12.6. The van der Waals surface area contributed by atoms with Crippen molar-refractivity contribution in [3.05, 3.63) is 59.7 Å². The SMILES string of the molecule is O=C(CC(NC(=O)OCC1c2ccccc2-c2ccccc21)C1CC1)NCC1CCCC1C(=O)O. The lowest BCUT2D eigenvalue weighted by atomic mass is 9.96. The Hall–Kier alpha value is -3.35. The predicted octanol–water partition coefficient (Wildman–Crippen LogP) is 4.31. The Morgan fingerprint density at radius 3 is 2.23 bits per heavy atom. The van der Waals surface area contributed by atoms with Gasteiger partial charge in [-0.2, -0.15) is 0 Å². The maximum Gasteiger partial charge on any atom is 0.407 e. The van der Waals surface area contributed by atoms with E-state index >= 15 is 0 Å². The molecule has 3 aliphatic carbocycles. The van der Waals surface area contributed by atoms with Crippen molar-refractivity contribution in [1.82, 2.24) is 10.6 Å². The van der Waals surface area contributed by atoms with Crippen LogP contribution in [0.2, 0.25) is 0 Å². The van der Waals surface area contributed by atoms with Crippen LogP contribution in [0, 0.1) is 17.8 Å². The molecule has 0 aromatic heterocycles. The summed E-state index contributed by atoms with van der Waals surface area (Å²) in [6, 6.07) is 16.1. The molecule has 5 rings (SSSR count). The van der Waals surface area contributed by atoms with E-state index in [1.165, 1.54) is 11.1 Å². The van der Waals surface area contributed by atoms with Crippen LogP contribution in [0.15, 0.2) is 48.5 Å². The van der Waals surface area contributed by atoms with Crippen LogP contribution in [0.5, 0.6) is 0 Å². The lowest BCUT2D eigenvalue weighted by Gasteiger charge is -2.21. The van der Waals surface area contributed by atoms with Crippen LogP contribution in [0.4, 0.5) is 4.79 Å². The van der Waals surface area contributed by atoms with Gasteiger partial charge in [0.1, 0.15) is 6.61 Å². The number of alkyl carbamates (subject to hydrolysis) is 1. The zero-order valence-electron chi connectivity index (χ0n) is 19.7. The second-order valence-corrected chi connectivity index (χ2v) is 10.1. The summed E-state index contributed by atoms with van der Waals surface area (Å²) in [5.74, 6) is -1.07. The normalized spacial score (nSPS) is 21.6. The van der Waals surface area contributed by atoms with Crippen LogP contribution < -0.4 is 10.6 Å². The molecular weight excluding hydrogens is 444 g/mol. The number of hydrogen-bond donors (Lipinski definition) is 3. The number of amides is 2. The number of fused-ring (bicyclic) bond motifs is 3. The highest BCUT2D eigenvalue weighted by molar-refractivity contribution is 5.80. The van der Waals surface area contributed by atoms with Crippen molar-refractivity contribution >= 4 is 18.0 Å². The number of aliphatic carboxylic acids is 1. The molecule has 7 nitrogen and oxygen atoms in total. The fraction of sp³-hybridized carbons (Fsp3) is 0.464. The molecule has 35 heavy (non-hydrogen) atoms. The van der Waals surface area contributed by atoms with E-state index in [9.17, 15) is 19.5 Å². The van der Waals surface area contributed by atoms with Crippen LogP contribution in [-0.4, -0.2) is 42.3 Å². The van der Waals surface area contributed by atoms with Gasteiger partial charge in [0.25, 0.3) is 0 Å². The second kappa shape index (κ2) is 10.1. The Morgan fingerprint density at radius 1 is 0.943 bits per heavy atom. The van der Waals surface area contributed by atoms with Crippen molar-refractivity contribution in [1.29, 1.82) is 0 Å². The fourth-order valence-electron chi connectivity index (χ4n) is 5.75. The average Bonchev–Trinajstić information content (AvgIpc) is 3.51. The highest BCUT2D eigenvalue weighted by atomic mass is 16.5. The molecule has 0 radical (unpaired) electrons. The molecule has 3 unspecified atom stereocenters. The quantitative estimate of drug-likeness (QED) is 0.500. The van der Waals surface area contributed by atoms with Crippen LogP contribution in [-0.2, 0) is 14.3 Å². The minimum absolute atomic E-state index is 0.00980. The Labute approximate surface area is 205 Å². The van der Waals surface area contributed by atoms with Crippen LogP contribution >= 0.6 is 0 Å². The van der Waals surface area contributed by atoms with E-state index in [1.807, 2.05) is 24.3 Å². The number of rotatable bonds is 9. The minimum atomic E-state index is -0.783. The molecule has 0 spiro atoms. The van der Waals surface area contributed by atoms with Gasteiger partial charge in [0.05, 0.1) is 5.92 Å². The predicted molar refractivity (Wildman–Crippen MR) is 131 cm³/mol. The molecule has 7 heteroatoms. The van der Waals surface area contributed by atoms with E-state index in [4.69, 9.17) is 4.74 Å². The van der Waals surface area contributed by atoms with Gasteiger partial charge in [-0.1, -0.05) is 55.0 Å². The maximum absolute atomic E-state index is 12.7. The van der Waals surface area contributed by atoms with Crippen LogP contribution in [0.25, 0.3) is 11.1 Å². The van der Waals surface area contributed by atoms with Crippen molar-refractivity contribution in [3.8, 4) is 11.1 Å². The molecule has 3 aliphatic rings. The zero-order valence-corrected chi connectivity index (χ0v) is 19.7. The molecule has 0 saturated heterocycles. The van der Waals surface area contributed by atoms with E-state index < -0.39 is 12.1 Å². The molecule has 0 heterocycles. The number of nitrogens with one attached hydrogen (secondary N) is 2. The summed E-state index contributed by atoms with van der Waals surface area (Å²) in [6.07, 6.45) is 4.01. The molecule has 3 N–H and O–H groups in total. The zero-order chi connectivity index (χ0) is 24.4. The summed E-state index contributed by atoms with van der Waals surface area (Å²) >= 11 is 0. The number of ether oxygens (including phenoxy) is 1. The Kier molecular flexibility index (Phi) is 6.75. The molecule has 184 valence electrons. The third kappa shape index (κ3) is 5.19. The standard InChI is InChI=1S/C28H32N2O5/c31-26(29-15-18-6-5-11-19(18)27(32)33)14-25(17-12-13-17)30-28(34)35-16-24-22-9-3-1-7-20(22)21-8-2-4-10-23(21)24/h1-4,7-10,17-19,24-25H,5-6,11-16H2,(H,29,31)(H,30,34)(H,32,33). The molecule has 2 saturated carbocycles. The van der Waals surface area contributed by atoms with Gasteiger partial charge in [-0.05, 0) is 59.8 Å². The van der Waals surface area contributed by atoms with Gasteiger partial charge >= 0.3 is 12.1 Å². The summed E-state index contributed by atoms with van der Waals surface area (Å²) < 4.78 is 5.66. The van der Waals surface area contributed by atoms with Gasteiger partial charge in [-0.15, -0.1) is 0 Å². The number of carboxylic acids is 1. The lowest BCUT2D eigenvalue weighted by molar-refractivity contribution is -0.143. The van der Waals surface area contributed by atoms with E-state index in [2.05, 4.69) is 34.9 Å². The van der Waals surface area contributed by atoms with E-state index in [0.717, 1.165) is 36.8 Å². The molecule has 0 aliphatic heterocycles. The van der Waals surface area contributed by atoms with Crippen molar-refractivity contribution in [2.75, 3.05) is 13.2 Å². The smallest absolute Gasteiger partial charge is 0.407 e. The summed E-state index contributed by atoms with van der Waals surface area (Å²) in [5.41, 5.74) is 4.67. The molecule has 3 atom stereocenters. The molecule has 2 aromatic rings. The first-order chi connectivity index (χ1) is 17.0. The van der Waals surface area contributed by atoms with Gasteiger partial charge in [0.2, 0.25) is 5.91 Å². The minimum Gasteiger partial charge on any atom is -0.481 e. The number of hydrogen-bond acceptors (Lipinski definition) is 4. The first kappa shape index (κ1) is 23.4. The van der Waals surface area contributed by atoms with Gasteiger partial charge < -0.3 is 20.5 Å². The van der Waals surface area contributed by atoms with E-state index in [1.54, 1.807) is 0 Å². The Morgan fingerprint density at radius 2 is 1.60 bits per heavy atom. The molecule has 2 amide bonds. The highest BCUT2D eigenvalue weighted by Gasteiger charge is 2.36. The largest absolute Gasteiger partial charge is 0.481 e. The van der Waals surface area contributed by atoms with Crippen molar-refractivity contribution in [2.45, 2.75) is 50.5 Å². The highest BCUT2D eigenvalue weighted by Crippen LogP contribution is 2.44. The van der Waals surface area contributed by atoms with E-state index in [0.29, 0.717) is 13.0 Å². The third-order valence-electron chi connectivity index (χ3n) is 7.78. The van der Waals surface area contributed by atoms with E-state index in [-0.39, 0.29) is 48.6 Å². The number of carbonyl (C=O) groups is 3. The van der Waals surface area contributed by atoms with Gasteiger partial charge in [-0.3, -0.25) is 9.59 Å². The van der Waals surface area contributed by atoms with Gasteiger partial charge in [0, 0.05) is 24.9 Å². The summed E-state index contributed by atoms with van der Waals surface area (Å²) in [4.78, 5) is 36.7. The van der Waals surface area contributed by atoms with Crippen LogP contribution in [0.3, 0.4) is 0 Å². The topological polar surface area (TPSA) is 105 Å². The maximum atomic E-state index is 12.7. The van der Waals surface area contributed by atoms with Gasteiger partial charge in [-0.25, -0.2) is 4.79 Å². The van der Waals surface area contributed by atoms with Crippen molar-refractivity contribution in [3.63, 3.8) is 0 Å². The summed E-state index contributed by atoms with van der Waals surface area (Å²) in [7, 11) is 0. The van der Waals surface area contributed by atoms with Crippen molar-refractivity contribution in [2.24, 2.45) is 17.8 Å². The monoisotopic (exact) mass is 476 g/mol. The van der Waals surface area contributed by atoms with Gasteiger partial charge in [0.15, 0.2) is 0 Å². The van der Waals surface area contributed by atoms with Crippen molar-refractivity contribution < 1.29 is 24.2 Å². The van der Waals surface area contributed by atoms with Crippen LogP contribution in [0.1, 0.15) is 55.6 Å². The number of carbonyl (C=O) groups excluding carboxylic acids is 2. The number of benzene rings is 2. The Balaban J connectivity index is 1.14. The lowest BCUT2D eigenvalue weighted by Crippen LogP contribution is -2.42. The third-order valence-corrected chi connectivity index (χ3v) is 7.78. The summed E-state index contributed by atoms with van der Waals surface area (Å²) in [5, 5.41) is 15.2. The Bertz CT molecular complexity index is 1070. The molecule has 2 fully saturated rings. The molecule has 2 aromatic carbocycles. The summed E-state index contributed by atoms with van der Waals surface area (Å²) in [6.45, 7) is 0.611. The first-order valence-corrected chi connectivity index (χ1v) is 12.6. The molecule has 0 bridgehead atoms. The average molecular weight is 477 g/mol. The second-order valence-electron chi connectivity index (χ2n) is 10.1. The number of carboxylic acid groups (broad SMARTS) is 1. The fourth-order valence-corrected chi connectivity index (χ4v) is 5.75.